The van der Waals surface area contributed by atoms with Gasteiger partial charge in [0, 0.05) is 23.7 Å². The molecule has 6 nitrogen and oxygen atoms in total. The number of fused-ring (bicyclic) bond motifs is 1. The smallest absolute Gasteiger partial charge is 0.334 e. The molecule has 2 N–H and O–H groups in total. The summed E-state index contributed by atoms with van der Waals surface area (Å²) in [6, 6.07) is 4.77. The number of Topliss-reactive ketones (excluding diaryl/α,β-unsaturated/α-hetero) is 1. The van der Waals surface area contributed by atoms with Crippen molar-refractivity contribution < 1.29 is 24.5 Å². The number of aliphatic imine (C=N–C) groups is 1. The van der Waals surface area contributed by atoms with Crippen LogP contribution in [-0.2, 0) is 9.59 Å². The van der Waals surface area contributed by atoms with Gasteiger partial charge in [-0.05, 0) is 36.5 Å². The molecule has 1 heterocycles. The van der Waals surface area contributed by atoms with Crippen molar-refractivity contribution in [2.45, 2.75) is 39.5 Å². The molecular formula is C20H23NO5. The number of nitrogens with zero attached hydrogens (tertiary/aromatic N) is 1. The third-order valence-electron chi connectivity index (χ3n) is 5.16. The van der Waals surface area contributed by atoms with E-state index in [4.69, 9.17) is 4.74 Å². The number of allylic oxidation sites excluding steroid dienone is 1. The SMILES string of the molecule is COc1ccc(C2C(C(=O)O)=C(C)N=C3CC(C)(C)CC(=O)C32)cc1O. The van der Waals surface area contributed by atoms with E-state index in [0.29, 0.717) is 29.9 Å². The molecule has 26 heavy (non-hydrogen) atoms. The van der Waals surface area contributed by atoms with E-state index in [-0.39, 0.29) is 22.5 Å². The van der Waals surface area contributed by atoms with E-state index in [0.717, 1.165) is 5.71 Å². The van der Waals surface area contributed by atoms with Crippen molar-refractivity contribution in [3.05, 3.63) is 35.0 Å². The fourth-order valence-electron chi connectivity index (χ4n) is 4.13. The van der Waals surface area contributed by atoms with Gasteiger partial charge in [0.2, 0.25) is 0 Å². The summed E-state index contributed by atoms with van der Waals surface area (Å²) in [6.07, 6.45) is 1.02. The first-order valence-corrected chi connectivity index (χ1v) is 8.56. The Balaban J connectivity index is 2.18. The number of rotatable bonds is 3. The van der Waals surface area contributed by atoms with Crippen molar-refractivity contribution in [2.24, 2.45) is 16.3 Å². The number of carboxylic acid groups (broad SMARTS) is 1. The largest absolute Gasteiger partial charge is 0.504 e. The molecule has 1 saturated carbocycles. The number of phenolic OH excluding ortho intramolecular Hbond substituents is 1. The van der Waals surface area contributed by atoms with Crippen LogP contribution in [0.1, 0.15) is 45.1 Å². The third kappa shape index (κ3) is 3.00. The van der Waals surface area contributed by atoms with Crippen molar-refractivity contribution in [1.82, 2.24) is 0 Å². The minimum atomic E-state index is -1.09. The molecule has 6 heteroatoms. The number of aliphatic carboxylic acids is 1. The lowest BCUT2D eigenvalue weighted by atomic mass is 9.63. The van der Waals surface area contributed by atoms with Crippen LogP contribution in [0, 0.1) is 11.3 Å². The minimum Gasteiger partial charge on any atom is -0.504 e. The molecule has 1 aliphatic heterocycles. The number of phenols is 1. The number of ether oxygens (including phenoxy) is 1. The maximum absolute atomic E-state index is 12.9. The number of methoxy groups -OCH3 is 1. The Labute approximate surface area is 152 Å². The van der Waals surface area contributed by atoms with Gasteiger partial charge >= 0.3 is 5.97 Å². The average molecular weight is 357 g/mol. The number of carboxylic acids is 1. The highest BCUT2D eigenvalue weighted by molar-refractivity contribution is 6.12. The van der Waals surface area contributed by atoms with Gasteiger partial charge in [0.05, 0.1) is 18.6 Å². The molecule has 2 unspecified atom stereocenters. The number of carbonyl (C=O) groups excluding carboxylic acids is 1. The maximum atomic E-state index is 12.9. The van der Waals surface area contributed by atoms with E-state index in [2.05, 4.69) is 4.99 Å². The predicted octanol–water partition coefficient (Wildman–Crippen LogP) is 3.30. The summed E-state index contributed by atoms with van der Waals surface area (Å²) < 4.78 is 5.07. The molecule has 0 spiro atoms. The van der Waals surface area contributed by atoms with Crippen LogP contribution < -0.4 is 4.74 Å². The zero-order chi connectivity index (χ0) is 19.2. The Morgan fingerprint density at radius 3 is 2.54 bits per heavy atom. The first kappa shape index (κ1) is 18.2. The summed E-state index contributed by atoms with van der Waals surface area (Å²) in [6.45, 7) is 5.70. The van der Waals surface area contributed by atoms with Crippen LogP contribution in [0.5, 0.6) is 11.5 Å². The quantitative estimate of drug-likeness (QED) is 0.865. The molecule has 2 aliphatic rings. The molecule has 1 aromatic rings. The molecule has 1 aliphatic carbocycles. The molecule has 138 valence electrons. The number of carbonyl (C=O) groups is 2. The zero-order valence-corrected chi connectivity index (χ0v) is 15.4. The normalized spacial score (nSPS) is 24.8. The molecule has 0 aromatic heterocycles. The second-order valence-corrected chi connectivity index (χ2v) is 7.78. The topological polar surface area (TPSA) is 96.2 Å². The van der Waals surface area contributed by atoms with E-state index >= 15 is 0 Å². The van der Waals surface area contributed by atoms with Gasteiger partial charge in [0.25, 0.3) is 0 Å². The minimum absolute atomic E-state index is 0.00782. The Kier molecular flexibility index (Phi) is 4.38. The molecular weight excluding hydrogens is 334 g/mol. The zero-order valence-electron chi connectivity index (χ0n) is 15.4. The molecule has 2 atom stereocenters. The van der Waals surface area contributed by atoms with Crippen molar-refractivity contribution in [3.63, 3.8) is 0 Å². The predicted molar refractivity (Wildman–Crippen MR) is 96.7 cm³/mol. The van der Waals surface area contributed by atoms with Gasteiger partial charge < -0.3 is 14.9 Å². The first-order chi connectivity index (χ1) is 12.1. The van der Waals surface area contributed by atoms with Crippen LogP contribution in [0.4, 0.5) is 0 Å². The lowest BCUT2D eigenvalue weighted by molar-refractivity contribution is -0.133. The van der Waals surface area contributed by atoms with E-state index in [1.807, 2.05) is 13.8 Å². The molecule has 3 rings (SSSR count). The van der Waals surface area contributed by atoms with Crippen LogP contribution >= 0.6 is 0 Å². The van der Waals surface area contributed by atoms with Crippen LogP contribution in [0.15, 0.2) is 34.5 Å². The van der Waals surface area contributed by atoms with Gasteiger partial charge in [-0.3, -0.25) is 9.79 Å². The molecule has 1 fully saturated rings. The summed E-state index contributed by atoms with van der Waals surface area (Å²) in [5.74, 6) is -2.16. The highest BCUT2D eigenvalue weighted by Crippen LogP contribution is 2.47. The van der Waals surface area contributed by atoms with Gasteiger partial charge in [-0.2, -0.15) is 0 Å². The molecule has 0 saturated heterocycles. The second-order valence-electron chi connectivity index (χ2n) is 7.78. The highest BCUT2D eigenvalue weighted by atomic mass is 16.5. The summed E-state index contributed by atoms with van der Waals surface area (Å²) >= 11 is 0. The van der Waals surface area contributed by atoms with E-state index < -0.39 is 17.8 Å². The van der Waals surface area contributed by atoms with Crippen molar-refractivity contribution in [2.75, 3.05) is 7.11 Å². The molecule has 1 aromatic carbocycles. The van der Waals surface area contributed by atoms with E-state index in [1.165, 1.54) is 13.2 Å². The number of hydrogen-bond acceptors (Lipinski definition) is 5. The van der Waals surface area contributed by atoms with Gasteiger partial charge in [-0.1, -0.05) is 19.9 Å². The van der Waals surface area contributed by atoms with Crippen molar-refractivity contribution >= 4 is 17.5 Å². The summed E-state index contributed by atoms with van der Waals surface area (Å²) in [5, 5.41) is 19.9. The number of ketones is 1. The van der Waals surface area contributed by atoms with Crippen molar-refractivity contribution in [1.29, 1.82) is 0 Å². The standard InChI is InChI=1S/C20H23NO5/c1-10-16(19(24)25)17(11-5-6-15(26-4)13(22)7-11)18-12(21-10)8-20(2,3)9-14(18)23/h5-7,17-18,22H,8-9H2,1-4H3,(H,24,25). The Hall–Kier alpha value is -2.63. The van der Waals surface area contributed by atoms with Crippen LogP contribution in [-0.4, -0.2) is 34.8 Å². The van der Waals surface area contributed by atoms with Gasteiger partial charge in [0.15, 0.2) is 11.5 Å². The fraction of sp³-hybridized carbons (Fsp3) is 0.450. The Morgan fingerprint density at radius 2 is 1.96 bits per heavy atom. The molecule has 0 amide bonds. The highest BCUT2D eigenvalue weighted by Gasteiger charge is 2.47. The Bertz CT molecular complexity index is 850. The van der Waals surface area contributed by atoms with Crippen LogP contribution in [0.3, 0.4) is 0 Å². The van der Waals surface area contributed by atoms with E-state index in [1.54, 1.807) is 19.1 Å². The molecule has 0 radical (unpaired) electrons. The fourth-order valence-corrected chi connectivity index (χ4v) is 4.13. The number of aromatic hydroxyl groups is 1. The lowest BCUT2D eigenvalue weighted by Gasteiger charge is -2.40. The number of benzene rings is 1. The monoisotopic (exact) mass is 357 g/mol. The Morgan fingerprint density at radius 1 is 1.27 bits per heavy atom. The summed E-state index contributed by atoms with van der Waals surface area (Å²) in [4.78, 5) is 29.4. The van der Waals surface area contributed by atoms with Crippen LogP contribution in [0.2, 0.25) is 0 Å². The van der Waals surface area contributed by atoms with Gasteiger partial charge in [-0.25, -0.2) is 4.79 Å². The van der Waals surface area contributed by atoms with Gasteiger partial charge in [-0.15, -0.1) is 0 Å². The summed E-state index contributed by atoms with van der Waals surface area (Å²) in [5.41, 5.74) is 1.63. The first-order valence-electron chi connectivity index (χ1n) is 8.56. The van der Waals surface area contributed by atoms with E-state index in [9.17, 15) is 19.8 Å². The summed E-state index contributed by atoms with van der Waals surface area (Å²) in [7, 11) is 1.44. The van der Waals surface area contributed by atoms with Crippen LogP contribution in [0.25, 0.3) is 0 Å². The second kappa shape index (κ2) is 6.27. The average Bonchev–Trinajstić information content (AvgIpc) is 2.51. The van der Waals surface area contributed by atoms with Gasteiger partial charge in [0.1, 0.15) is 5.78 Å². The number of hydrogen-bond donors (Lipinski definition) is 2. The van der Waals surface area contributed by atoms with Crippen molar-refractivity contribution in [3.8, 4) is 11.5 Å². The molecule has 0 bridgehead atoms. The maximum Gasteiger partial charge on any atom is 0.334 e. The lowest BCUT2D eigenvalue weighted by Crippen LogP contribution is -2.43. The third-order valence-corrected chi connectivity index (χ3v) is 5.16.